The van der Waals surface area contributed by atoms with Gasteiger partial charge in [-0.05, 0) is 51.0 Å². The Labute approximate surface area is 116 Å². The molecule has 3 rings (SSSR count). The Balaban J connectivity index is 1.46. The molecule has 1 aliphatic carbocycles. The van der Waals surface area contributed by atoms with Crippen molar-refractivity contribution < 1.29 is 4.79 Å². The third-order valence-corrected chi connectivity index (χ3v) is 5.16. The van der Waals surface area contributed by atoms with Gasteiger partial charge in [0.15, 0.2) is 0 Å². The van der Waals surface area contributed by atoms with Gasteiger partial charge in [-0.3, -0.25) is 4.79 Å². The van der Waals surface area contributed by atoms with E-state index < -0.39 is 0 Å². The molecule has 4 nitrogen and oxygen atoms in total. The summed E-state index contributed by atoms with van der Waals surface area (Å²) in [7, 11) is 0. The minimum atomic E-state index is 0.308. The summed E-state index contributed by atoms with van der Waals surface area (Å²) in [5, 5.41) is 7.19. The monoisotopic (exact) mass is 265 g/mol. The van der Waals surface area contributed by atoms with Crippen LogP contribution in [0.5, 0.6) is 0 Å². The van der Waals surface area contributed by atoms with Crippen molar-refractivity contribution >= 4 is 5.91 Å². The van der Waals surface area contributed by atoms with Crippen LogP contribution in [-0.2, 0) is 4.79 Å². The van der Waals surface area contributed by atoms with Crippen LogP contribution < -0.4 is 10.6 Å². The minimum absolute atomic E-state index is 0.308. The summed E-state index contributed by atoms with van der Waals surface area (Å²) in [6.45, 7) is 3.67. The first-order valence-electron chi connectivity index (χ1n) is 8.09. The van der Waals surface area contributed by atoms with Crippen LogP contribution in [0.15, 0.2) is 0 Å². The van der Waals surface area contributed by atoms with E-state index in [2.05, 4.69) is 10.6 Å². The predicted octanol–water partition coefficient (Wildman–Crippen LogP) is 1.12. The van der Waals surface area contributed by atoms with Crippen molar-refractivity contribution in [2.75, 3.05) is 26.2 Å². The Kier molecular flexibility index (Phi) is 4.38. The fourth-order valence-corrected chi connectivity index (χ4v) is 4.10. The van der Waals surface area contributed by atoms with Crippen LogP contribution in [0, 0.1) is 5.92 Å². The number of amides is 1. The smallest absolute Gasteiger partial charge is 0.236 e. The van der Waals surface area contributed by atoms with Crippen LogP contribution in [-0.4, -0.2) is 49.1 Å². The van der Waals surface area contributed by atoms with Crippen LogP contribution in [0.3, 0.4) is 0 Å². The van der Waals surface area contributed by atoms with Crippen molar-refractivity contribution in [1.82, 2.24) is 15.5 Å². The number of likely N-dealkylation sites (tertiary alicyclic amines) is 1. The van der Waals surface area contributed by atoms with Crippen LogP contribution in [0.1, 0.15) is 44.9 Å². The van der Waals surface area contributed by atoms with Gasteiger partial charge >= 0.3 is 0 Å². The number of nitrogens with zero attached hydrogens (tertiary/aromatic N) is 1. The van der Waals surface area contributed by atoms with Gasteiger partial charge in [0.25, 0.3) is 0 Å². The SMILES string of the molecule is O=C(CNC1CCCC1C1CCCN1)N1CCCC1. The number of carbonyl (C=O) groups is 1. The molecule has 0 radical (unpaired) electrons. The van der Waals surface area contributed by atoms with Crippen molar-refractivity contribution in [2.45, 2.75) is 57.0 Å². The van der Waals surface area contributed by atoms with Crippen molar-refractivity contribution in [1.29, 1.82) is 0 Å². The van der Waals surface area contributed by atoms with Crippen molar-refractivity contribution in [3.63, 3.8) is 0 Å². The highest BCUT2D eigenvalue weighted by molar-refractivity contribution is 5.78. The summed E-state index contributed by atoms with van der Waals surface area (Å²) in [6.07, 6.45) is 8.90. The largest absolute Gasteiger partial charge is 0.342 e. The molecule has 2 aliphatic heterocycles. The van der Waals surface area contributed by atoms with Gasteiger partial charge in [0.1, 0.15) is 0 Å². The Hall–Kier alpha value is -0.610. The van der Waals surface area contributed by atoms with E-state index in [4.69, 9.17) is 0 Å². The number of rotatable bonds is 4. The van der Waals surface area contributed by atoms with E-state index >= 15 is 0 Å². The van der Waals surface area contributed by atoms with Crippen LogP contribution in [0.2, 0.25) is 0 Å². The summed E-state index contributed by atoms with van der Waals surface area (Å²) in [5.74, 6) is 1.05. The van der Waals surface area contributed by atoms with Crippen LogP contribution in [0.25, 0.3) is 0 Å². The van der Waals surface area contributed by atoms with Crippen LogP contribution >= 0.6 is 0 Å². The quantitative estimate of drug-likeness (QED) is 0.800. The molecule has 3 atom stereocenters. The predicted molar refractivity (Wildman–Crippen MR) is 76.0 cm³/mol. The molecule has 0 aromatic heterocycles. The highest BCUT2D eigenvalue weighted by atomic mass is 16.2. The zero-order valence-corrected chi connectivity index (χ0v) is 11.9. The fraction of sp³-hybridized carbons (Fsp3) is 0.933. The Morgan fingerprint density at radius 2 is 1.95 bits per heavy atom. The lowest BCUT2D eigenvalue weighted by atomic mass is 9.93. The molecule has 2 saturated heterocycles. The Bertz CT molecular complexity index is 309. The molecule has 3 fully saturated rings. The molecule has 3 aliphatic rings. The third kappa shape index (κ3) is 3.11. The maximum absolute atomic E-state index is 12.1. The molecule has 1 saturated carbocycles. The normalized spacial score (nSPS) is 35.2. The second-order valence-electron chi connectivity index (χ2n) is 6.37. The van der Waals surface area contributed by atoms with Gasteiger partial charge in [0.2, 0.25) is 5.91 Å². The molecule has 0 aromatic rings. The van der Waals surface area contributed by atoms with Gasteiger partial charge in [-0.2, -0.15) is 0 Å². The van der Waals surface area contributed by atoms with E-state index in [0.29, 0.717) is 24.5 Å². The van der Waals surface area contributed by atoms with E-state index in [1.54, 1.807) is 0 Å². The molecule has 0 spiro atoms. The zero-order chi connectivity index (χ0) is 13.1. The summed E-state index contributed by atoms with van der Waals surface area (Å²) in [6, 6.07) is 1.25. The van der Waals surface area contributed by atoms with Gasteiger partial charge in [-0.25, -0.2) is 0 Å². The molecular formula is C15H27N3O. The summed E-state index contributed by atoms with van der Waals surface area (Å²) in [5.41, 5.74) is 0. The molecule has 0 bridgehead atoms. The molecule has 108 valence electrons. The molecule has 2 N–H and O–H groups in total. The molecule has 1 amide bonds. The topological polar surface area (TPSA) is 44.4 Å². The number of hydrogen-bond donors (Lipinski definition) is 2. The van der Waals surface area contributed by atoms with Crippen LogP contribution in [0.4, 0.5) is 0 Å². The Morgan fingerprint density at radius 3 is 2.68 bits per heavy atom. The highest BCUT2D eigenvalue weighted by Gasteiger charge is 2.35. The molecular weight excluding hydrogens is 238 g/mol. The minimum Gasteiger partial charge on any atom is -0.342 e. The van der Waals surface area contributed by atoms with Crippen molar-refractivity contribution in [2.24, 2.45) is 5.92 Å². The highest BCUT2D eigenvalue weighted by Crippen LogP contribution is 2.31. The Morgan fingerprint density at radius 1 is 1.11 bits per heavy atom. The van der Waals surface area contributed by atoms with Gasteiger partial charge in [0.05, 0.1) is 6.54 Å². The average molecular weight is 265 g/mol. The molecule has 19 heavy (non-hydrogen) atoms. The van der Waals surface area contributed by atoms with E-state index in [0.717, 1.165) is 19.0 Å². The molecule has 3 unspecified atom stereocenters. The first kappa shape index (κ1) is 13.4. The maximum atomic E-state index is 12.1. The summed E-state index contributed by atoms with van der Waals surface area (Å²) >= 11 is 0. The third-order valence-electron chi connectivity index (χ3n) is 5.16. The van der Waals surface area contributed by atoms with Gasteiger partial charge in [0, 0.05) is 25.2 Å². The van der Waals surface area contributed by atoms with E-state index in [-0.39, 0.29) is 0 Å². The fourth-order valence-electron chi connectivity index (χ4n) is 4.10. The van der Waals surface area contributed by atoms with E-state index in [1.807, 2.05) is 4.90 Å². The van der Waals surface area contributed by atoms with Gasteiger partial charge in [-0.15, -0.1) is 0 Å². The molecule has 0 aromatic carbocycles. The zero-order valence-electron chi connectivity index (χ0n) is 11.9. The van der Waals surface area contributed by atoms with Crippen molar-refractivity contribution in [3.05, 3.63) is 0 Å². The number of carbonyl (C=O) groups excluding carboxylic acids is 1. The van der Waals surface area contributed by atoms with Gasteiger partial charge < -0.3 is 15.5 Å². The molecule has 2 heterocycles. The van der Waals surface area contributed by atoms with E-state index in [9.17, 15) is 4.79 Å². The second-order valence-corrected chi connectivity index (χ2v) is 6.37. The van der Waals surface area contributed by atoms with Crippen molar-refractivity contribution in [3.8, 4) is 0 Å². The maximum Gasteiger partial charge on any atom is 0.236 e. The number of hydrogen-bond acceptors (Lipinski definition) is 3. The standard InChI is InChI=1S/C15H27N3O/c19-15(18-9-1-2-10-18)11-17-14-6-3-5-12(14)13-7-4-8-16-13/h12-14,16-17H,1-11H2. The van der Waals surface area contributed by atoms with E-state index in [1.165, 1.54) is 51.5 Å². The lowest BCUT2D eigenvalue weighted by Gasteiger charge is -2.27. The summed E-state index contributed by atoms with van der Waals surface area (Å²) in [4.78, 5) is 14.1. The van der Waals surface area contributed by atoms with Gasteiger partial charge in [-0.1, -0.05) is 6.42 Å². The first-order chi connectivity index (χ1) is 9.34. The summed E-state index contributed by atoms with van der Waals surface area (Å²) < 4.78 is 0. The lowest BCUT2D eigenvalue weighted by Crippen LogP contribution is -2.46. The number of nitrogens with one attached hydrogen (secondary N) is 2. The first-order valence-corrected chi connectivity index (χ1v) is 8.09. The second kappa shape index (κ2) is 6.23. The average Bonchev–Trinajstić information content (AvgIpc) is 3.14. The lowest BCUT2D eigenvalue weighted by molar-refractivity contribution is -0.129. The molecule has 4 heteroatoms.